The topological polar surface area (TPSA) is 61.7 Å². The molecule has 0 aliphatic heterocycles. The van der Waals surface area contributed by atoms with Gasteiger partial charge in [0, 0.05) is 13.2 Å². The Hall–Kier alpha value is -0.940. The normalized spacial score (nSPS) is 15.6. The van der Waals surface area contributed by atoms with Crippen molar-refractivity contribution in [2.24, 2.45) is 5.92 Å². The second kappa shape index (κ2) is 10.7. The van der Waals surface area contributed by atoms with Crippen LogP contribution >= 0.6 is 0 Å². The first kappa shape index (κ1) is 18.1. The van der Waals surface area contributed by atoms with Crippen molar-refractivity contribution in [2.45, 2.75) is 38.9 Å². The summed E-state index contributed by atoms with van der Waals surface area (Å²) in [6.45, 7) is 5.99. The van der Waals surface area contributed by atoms with Crippen molar-refractivity contribution < 1.29 is 14.9 Å². The maximum absolute atomic E-state index is 9.92. The molecule has 0 fully saturated rings. The van der Waals surface area contributed by atoms with Crippen molar-refractivity contribution in [3.63, 3.8) is 0 Å². The third-order valence-electron chi connectivity index (χ3n) is 3.74. The van der Waals surface area contributed by atoms with Crippen LogP contribution in [0.25, 0.3) is 0 Å². The molecule has 0 bridgehead atoms. The van der Waals surface area contributed by atoms with E-state index in [1.54, 1.807) is 0 Å². The van der Waals surface area contributed by atoms with E-state index < -0.39 is 6.10 Å². The molecule has 0 spiro atoms. The lowest BCUT2D eigenvalue weighted by atomic mass is 10.0. The second-order valence-corrected chi connectivity index (χ2v) is 5.48. The molecule has 21 heavy (non-hydrogen) atoms. The molecule has 0 aliphatic rings. The van der Waals surface area contributed by atoms with Gasteiger partial charge in [0.15, 0.2) is 0 Å². The monoisotopic (exact) mass is 295 g/mol. The molecule has 0 aromatic heterocycles. The van der Waals surface area contributed by atoms with Crippen LogP contribution in [0.15, 0.2) is 30.3 Å². The number of nitrogens with one attached hydrogen (secondary N) is 1. The SMILES string of the molecule is CCC(CCO)CNCC(O)COC(C)c1ccccc1. The molecule has 0 radical (unpaired) electrons. The van der Waals surface area contributed by atoms with Crippen molar-refractivity contribution in [1.29, 1.82) is 0 Å². The van der Waals surface area contributed by atoms with Gasteiger partial charge in [0.1, 0.15) is 0 Å². The standard InChI is InChI=1S/C17H29NO3/c1-3-15(9-10-19)11-18-12-17(20)13-21-14(2)16-7-5-4-6-8-16/h4-8,14-15,17-20H,3,9-13H2,1-2H3. The Labute approximate surface area is 128 Å². The first-order valence-corrected chi connectivity index (χ1v) is 7.83. The summed E-state index contributed by atoms with van der Waals surface area (Å²) in [5, 5.41) is 22.1. The minimum absolute atomic E-state index is 0.0152. The zero-order chi connectivity index (χ0) is 15.5. The van der Waals surface area contributed by atoms with E-state index in [-0.39, 0.29) is 12.7 Å². The highest BCUT2D eigenvalue weighted by Crippen LogP contribution is 2.15. The predicted molar refractivity (Wildman–Crippen MR) is 85.2 cm³/mol. The van der Waals surface area contributed by atoms with Crippen LogP contribution < -0.4 is 5.32 Å². The van der Waals surface area contributed by atoms with Gasteiger partial charge in [-0.15, -0.1) is 0 Å². The van der Waals surface area contributed by atoms with Gasteiger partial charge >= 0.3 is 0 Å². The van der Waals surface area contributed by atoms with Gasteiger partial charge in [-0.25, -0.2) is 0 Å². The van der Waals surface area contributed by atoms with Gasteiger partial charge in [-0.1, -0.05) is 43.7 Å². The fourth-order valence-corrected chi connectivity index (χ4v) is 2.22. The van der Waals surface area contributed by atoms with Crippen LogP contribution in [0, 0.1) is 5.92 Å². The van der Waals surface area contributed by atoms with Crippen LogP contribution in [0.5, 0.6) is 0 Å². The first-order valence-electron chi connectivity index (χ1n) is 7.83. The van der Waals surface area contributed by atoms with Crippen molar-refractivity contribution in [1.82, 2.24) is 5.32 Å². The van der Waals surface area contributed by atoms with Crippen LogP contribution in [-0.4, -0.2) is 42.6 Å². The average molecular weight is 295 g/mol. The van der Waals surface area contributed by atoms with Crippen molar-refractivity contribution in [3.8, 4) is 0 Å². The zero-order valence-corrected chi connectivity index (χ0v) is 13.2. The Morgan fingerprint density at radius 1 is 1.19 bits per heavy atom. The van der Waals surface area contributed by atoms with E-state index in [0.717, 1.165) is 24.9 Å². The Morgan fingerprint density at radius 3 is 2.52 bits per heavy atom. The summed E-state index contributed by atoms with van der Waals surface area (Å²) in [6.07, 6.45) is 1.31. The fraction of sp³-hybridized carbons (Fsp3) is 0.647. The molecule has 1 rings (SSSR count). The van der Waals surface area contributed by atoms with E-state index >= 15 is 0 Å². The molecule has 0 saturated heterocycles. The number of rotatable bonds is 11. The quantitative estimate of drug-likeness (QED) is 0.585. The number of aliphatic hydroxyl groups excluding tert-OH is 2. The lowest BCUT2D eigenvalue weighted by Gasteiger charge is -2.19. The Morgan fingerprint density at radius 2 is 1.90 bits per heavy atom. The Bertz CT molecular complexity index is 358. The van der Waals surface area contributed by atoms with Gasteiger partial charge in [-0.05, 0) is 31.4 Å². The van der Waals surface area contributed by atoms with E-state index in [4.69, 9.17) is 9.84 Å². The number of aliphatic hydroxyl groups is 2. The molecule has 3 unspecified atom stereocenters. The number of hydrogen-bond donors (Lipinski definition) is 3. The molecule has 3 N–H and O–H groups in total. The Kier molecular flexibility index (Phi) is 9.26. The third kappa shape index (κ3) is 7.58. The summed E-state index contributed by atoms with van der Waals surface area (Å²) in [6, 6.07) is 10.00. The molecule has 1 aromatic carbocycles. The van der Waals surface area contributed by atoms with Gasteiger partial charge in [-0.2, -0.15) is 0 Å². The largest absolute Gasteiger partial charge is 0.396 e. The highest BCUT2D eigenvalue weighted by atomic mass is 16.5. The number of benzene rings is 1. The van der Waals surface area contributed by atoms with Crippen LogP contribution in [0.4, 0.5) is 0 Å². The first-order chi connectivity index (χ1) is 10.2. The number of ether oxygens (including phenoxy) is 1. The van der Waals surface area contributed by atoms with E-state index in [1.807, 2.05) is 37.3 Å². The van der Waals surface area contributed by atoms with E-state index in [1.165, 1.54) is 0 Å². The minimum atomic E-state index is -0.511. The maximum Gasteiger partial charge on any atom is 0.0897 e. The van der Waals surface area contributed by atoms with Crippen molar-refractivity contribution >= 4 is 0 Å². The molecule has 0 saturated carbocycles. The summed E-state index contributed by atoms with van der Waals surface area (Å²) in [4.78, 5) is 0. The molecule has 0 amide bonds. The molecule has 1 aromatic rings. The van der Waals surface area contributed by atoms with Crippen LogP contribution in [0.1, 0.15) is 38.4 Å². The summed E-state index contributed by atoms with van der Waals surface area (Å²) in [5.74, 6) is 0.464. The van der Waals surface area contributed by atoms with Crippen LogP contribution in [-0.2, 0) is 4.74 Å². The van der Waals surface area contributed by atoms with Gasteiger partial charge in [0.05, 0.1) is 18.8 Å². The maximum atomic E-state index is 9.92. The van der Waals surface area contributed by atoms with E-state index in [9.17, 15) is 5.11 Å². The van der Waals surface area contributed by atoms with Crippen LogP contribution in [0.2, 0.25) is 0 Å². The lowest BCUT2D eigenvalue weighted by Crippen LogP contribution is -2.33. The minimum Gasteiger partial charge on any atom is -0.396 e. The summed E-state index contributed by atoms with van der Waals surface area (Å²) >= 11 is 0. The summed E-state index contributed by atoms with van der Waals surface area (Å²) in [7, 11) is 0. The predicted octanol–water partition coefficient (Wildman–Crippen LogP) is 2.12. The van der Waals surface area contributed by atoms with Crippen molar-refractivity contribution in [3.05, 3.63) is 35.9 Å². The molecule has 3 atom stereocenters. The third-order valence-corrected chi connectivity index (χ3v) is 3.74. The summed E-state index contributed by atoms with van der Waals surface area (Å²) < 4.78 is 5.69. The molecule has 120 valence electrons. The molecular formula is C17H29NO3. The lowest BCUT2D eigenvalue weighted by molar-refractivity contribution is -0.00232. The number of hydrogen-bond acceptors (Lipinski definition) is 4. The molecule has 4 nitrogen and oxygen atoms in total. The van der Waals surface area contributed by atoms with Gasteiger partial charge < -0.3 is 20.3 Å². The molecule has 4 heteroatoms. The second-order valence-electron chi connectivity index (χ2n) is 5.48. The van der Waals surface area contributed by atoms with E-state index in [2.05, 4.69) is 12.2 Å². The van der Waals surface area contributed by atoms with Gasteiger partial charge in [0.2, 0.25) is 0 Å². The summed E-state index contributed by atoms with van der Waals surface area (Å²) in [5.41, 5.74) is 1.12. The van der Waals surface area contributed by atoms with Crippen molar-refractivity contribution in [2.75, 3.05) is 26.3 Å². The zero-order valence-electron chi connectivity index (χ0n) is 13.2. The fourth-order valence-electron chi connectivity index (χ4n) is 2.22. The van der Waals surface area contributed by atoms with Gasteiger partial charge in [-0.3, -0.25) is 0 Å². The van der Waals surface area contributed by atoms with Crippen LogP contribution in [0.3, 0.4) is 0 Å². The molecule has 0 aliphatic carbocycles. The van der Waals surface area contributed by atoms with Gasteiger partial charge in [0.25, 0.3) is 0 Å². The molecule has 0 heterocycles. The molecular weight excluding hydrogens is 266 g/mol. The Balaban J connectivity index is 2.17. The average Bonchev–Trinajstić information content (AvgIpc) is 2.52. The van der Waals surface area contributed by atoms with E-state index in [0.29, 0.717) is 19.1 Å². The highest BCUT2D eigenvalue weighted by Gasteiger charge is 2.11. The smallest absolute Gasteiger partial charge is 0.0897 e. The highest BCUT2D eigenvalue weighted by molar-refractivity contribution is 5.16.